The topological polar surface area (TPSA) is 63.4 Å². The predicted molar refractivity (Wildman–Crippen MR) is 73.6 cm³/mol. The Hall–Kier alpha value is -1.76. The second-order valence-corrected chi connectivity index (χ2v) is 4.70. The average molecular weight is 325 g/mol. The molecule has 4 nitrogen and oxygen atoms in total. The van der Waals surface area contributed by atoms with Crippen LogP contribution in [0.1, 0.15) is 31.0 Å². The summed E-state index contributed by atoms with van der Waals surface area (Å²) in [6.45, 7) is 2.99. The van der Waals surface area contributed by atoms with Crippen molar-refractivity contribution in [3.63, 3.8) is 0 Å². The van der Waals surface area contributed by atoms with Crippen LogP contribution in [0, 0.1) is 0 Å². The van der Waals surface area contributed by atoms with Crippen LogP contribution in [-0.2, 0) is 15.8 Å². The fourth-order valence-corrected chi connectivity index (χ4v) is 1.69. The number of alkyl halides is 3. The molecule has 1 rings (SSSR count). The van der Waals surface area contributed by atoms with Gasteiger partial charge in [-0.25, -0.2) is 0 Å². The van der Waals surface area contributed by atoms with E-state index >= 15 is 0 Å². The van der Waals surface area contributed by atoms with Crippen molar-refractivity contribution in [1.82, 2.24) is 4.90 Å². The Labute approximate surface area is 125 Å². The SMILES string of the molecule is CC(N)=O.CC(c1ccc(C(F)(F)F)cc1Cl)N(C)C=O. The van der Waals surface area contributed by atoms with Gasteiger partial charge in [-0.15, -0.1) is 0 Å². The van der Waals surface area contributed by atoms with Crippen molar-refractivity contribution in [3.05, 3.63) is 34.3 Å². The number of benzene rings is 1. The summed E-state index contributed by atoms with van der Waals surface area (Å²) in [6.07, 6.45) is -3.82. The van der Waals surface area contributed by atoms with E-state index in [2.05, 4.69) is 5.73 Å². The van der Waals surface area contributed by atoms with Gasteiger partial charge in [0.25, 0.3) is 0 Å². The molecule has 0 heterocycles. The van der Waals surface area contributed by atoms with E-state index < -0.39 is 11.7 Å². The number of nitrogens with two attached hydrogens (primary N) is 1. The molecule has 0 radical (unpaired) electrons. The summed E-state index contributed by atoms with van der Waals surface area (Å²) < 4.78 is 37.2. The molecule has 0 aromatic heterocycles. The fourth-order valence-electron chi connectivity index (χ4n) is 1.35. The highest BCUT2D eigenvalue weighted by atomic mass is 35.5. The van der Waals surface area contributed by atoms with Crippen LogP contribution in [0.25, 0.3) is 0 Å². The largest absolute Gasteiger partial charge is 0.416 e. The average Bonchev–Trinajstić information content (AvgIpc) is 2.35. The van der Waals surface area contributed by atoms with Crippen LogP contribution in [-0.4, -0.2) is 24.3 Å². The molecule has 0 saturated carbocycles. The minimum absolute atomic E-state index is 0.000949. The van der Waals surface area contributed by atoms with Crippen molar-refractivity contribution in [2.75, 3.05) is 7.05 Å². The molecule has 1 aromatic rings. The minimum atomic E-state index is -4.41. The van der Waals surface area contributed by atoms with E-state index in [1.54, 1.807) is 6.92 Å². The summed E-state index contributed by atoms with van der Waals surface area (Å²) in [6, 6.07) is 2.74. The van der Waals surface area contributed by atoms with Crippen molar-refractivity contribution < 1.29 is 22.8 Å². The zero-order valence-electron chi connectivity index (χ0n) is 11.7. The molecule has 0 aliphatic heterocycles. The van der Waals surface area contributed by atoms with E-state index in [-0.39, 0.29) is 17.0 Å². The van der Waals surface area contributed by atoms with Crippen LogP contribution >= 0.6 is 11.6 Å². The number of carbonyl (C=O) groups is 2. The van der Waals surface area contributed by atoms with Crippen molar-refractivity contribution >= 4 is 23.9 Å². The number of carbonyl (C=O) groups excluding carboxylic acids is 2. The Kier molecular flexibility index (Phi) is 7.21. The fraction of sp³-hybridized carbons (Fsp3) is 0.385. The van der Waals surface area contributed by atoms with Gasteiger partial charge in [0, 0.05) is 19.0 Å². The third-order valence-electron chi connectivity index (χ3n) is 2.56. The van der Waals surface area contributed by atoms with Crippen LogP contribution in [0.5, 0.6) is 0 Å². The van der Waals surface area contributed by atoms with E-state index in [9.17, 15) is 22.8 Å². The maximum Gasteiger partial charge on any atom is 0.416 e. The Morgan fingerprint density at radius 2 is 1.90 bits per heavy atom. The first-order valence-electron chi connectivity index (χ1n) is 5.80. The van der Waals surface area contributed by atoms with Gasteiger partial charge in [0.2, 0.25) is 12.3 Å². The molecular formula is C13H16ClF3N2O2. The molecule has 118 valence electrons. The number of primary amides is 1. The summed E-state index contributed by atoms with van der Waals surface area (Å²) >= 11 is 5.79. The molecule has 0 bridgehead atoms. The van der Waals surface area contributed by atoms with Crippen molar-refractivity contribution in [1.29, 1.82) is 0 Å². The highest BCUT2D eigenvalue weighted by Gasteiger charge is 2.31. The van der Waals surface area contributed by atoms with Gasteiger partial charge >= 0.3 is 6.18 Å². The maximum atomic E-state index is 12.4. The van der Waals surface area contributed by atoms with Gasteiger partial charge in [-0.1, -0.05) is 17.7 Å². The van der Waals surface area contributed by atoms with Crippen molar-refractivity contribution in [2.45, 2.75) is 26.1 Å². The molecule has 1 atom stereocenters. The first-order chi connectivity index (χ1) is 9.50. The van der Waals surface area contributed by atoms with Gasteiger partial charge in [0.1, 0.15) is 0 Å². The Balaban J connectivity index is 0.000000885. The van der Waals surface area contributed by atoms with Gasteiger partial charge in [-0.2, -0.15) is 13.2 Å². The lowest BCUT2D eigenvalue weighted by Crippen LogP contribution is -2.20. The van der Waals surface area contributed by atoms with E-state index in [0.29, 0.717) is 12.0 Å². The van der Waals surface area contributed by atoms with Crippen molar-refractivity contribution in [3.8, 4) is 0 Å². The monoisotopic (exact) mass is 324 g/mol. The lowest BCUT2D eigenvalue weighted by atomic mass is 10.1. The van der Waals surface area contributed by atoms with E-state index in [1.165, 1.54) is 24.9 Å². The maximum absolute atomic E-state index is 12.4. The molecule has 0 fully saturated rings. The number of hydrogen-bond donors (Lipinski definition) is 1. The minimum Gasteiger partial charge on any atom is -0.370 e. The molecular weight excluding hydrogens is 309 g/mol. The zero-order chi connectivity index (χ0) is 16.8. The molecule has 8 heteroatoms. The summed E-state index contributed by atoms with van der Waals surface area (Å²) in [5, 5.41) is 0.000949. The normalized spacial score (nSPS) is 12.0. The smallest absolute Gasteiger partial charge is 0.370 e. The van der Waals surface area contributed by atoms with E-state index in [1.807, 2.05) is 0 Å². The summed E-state index contributed by atoms with van der Waals surface area (Å²) in [5.74, 6) is -0.333. The second-order valence-electron chi connectivity index (χ2n) is 4.29. The number of rotatable bonds is 3. The lowest BCUT2D eigenvalue weighted by Gasteiger charge is -2.22. The summed E-state index contributed by atoms with van der Waals surface area (Å²) in [7, 11) is 1.53. The van der Waals surface area contributed by atoms with E-state index in [4.69, 9.17) is 11.6 Å². The Bertz CT molecular complexity index is 503. The predicted octanol–water partition coefficient (Wildman–Crippen LogP) is 3.00. The lowest BCUT2D eigenvalue weighted by molar-refractivity contribution is -0.137. The summed E-state index contributed by atoms with van der Waals surface area (Å²) in [5.41, 5.74) is 4.15. The Morgan fingerprint density at radius 1 is 1.43 bits per heavy atom. The zero-order valence-corrected chi connectivity index (χ0v) is 12.5. The molecule has 1 unspecified atom stereocenters. The number of nitrogens with zero attached hydrogens (tertiary/aromatic N) is 1. The molecule has 1 aromatic carbocycles. The van der Waals surface area contributed by atoms with Crippen LogP contribution in [0.3, 0.4) is 0 Å². The number of hydrogen-bond acceptors (Lipinski definition) is 2. The molecule has 2 amide bonds. The molecule has 0 aliphatic rings. The van der Waals surface area contributed by atoms with Gasteiger partial charge in [-0.05, 0) is 24.6 Å². The summed E-state index contributed by atoms with van der Waals surface area (Å²) in [4.78, 5) is 21.1. The van der Waals surface area contributed by atoms with E-state index in [0.717, 1.165) is 12.1 Å². The van der Waals surface area contributed by atoms with Gasteiger partial charge in [0.15, 0.2) is 0 Å². The van der Waals surface area contributed by atoms with Crippen LogP contribution in [0.4, 0.5) is 13.2 Å². The first-order valence-corrected chi connectivity index (χ1v) is 6.18. The van der Waals surface area contributed by atoms with Gasteiger partial charge in [-0.3, -0.25) is 9.59 Å². The molecule has 0 aliphatic carbocycles. The quantitative estimate of drug-likeness (QED) is 0.869. The molecule has 2 N–H and O–H groups in total. The molecule has 21 heavy (non-hydrogen) atoms. The third kappa shape index (κ3) is 6.48. The highest BCUT2D eigenvalue weighted by molar-refractivity contribution is 6.31. The molecule has 0 spiro atoms. The first kappa shape index (κ1) is 19.2. The number of amides is 2. The van der Waals surface area contributed by atoms with Gasteiger partial charge < -0.3 is 10.6 Å². The standard InChI is InChI=1S/C11H11ClF3NO.C2H5NO/c1-7(16(2)6-17)9-4-3-8(5-10(9)12)11(13,14)15;1-2(3)4/h3-7H,1-2H3;1H3,(H2,3,4). The van der Waals surface area contributed by atoms with Crippen LogP contribution in [0.2, 0.25) is 5.02 Å². The number of halogens is 4. The molecule has 0 saturated heterocycles. The highest BCUT2D eigenvalue weighted by Crippen LogP contribution is 2.34. The second kappa shape index (κ2) is 7.87. The third-order valence-corrected chi connectivity index (χ3v) is 2.88. The van der Waals surface area contributed by atoms with Crippen molar-refractivity contribution in [2.24, 2.45) is 5.73 Å². The van der Waals surface area contributed by atoms with Gasteiger partial charge in [0.05, 0.1) is 11.6 Å². The Morgan fingerprint density at radius 3 is 2.24 bits per heavy atom. The van der Waals surface area contributed by atoms with Crippen LogP contribution in [0.15, 0.2) is 18.2 Å². The van der Waals surface area contributed by atoms with Crippen LogP contribution < -0.4 is 5.73 Å².